The van der Waals surface area contributed by atoms with Crippen LogP contribution >= 0.6 is 0 Å². The smallest absolute Gasteiger partial charge is 0.246 e. The molecule has 9 nitrogen and oxygen atoms in total. The van der Waals surface area contributed by atoms with Gasteiger partial charge >= 0.3 is 0 Å². The highest BCUT2D eigenvalue weighted by Gasteiger charge is 2.37. The molecule has 0 bridgehead atoms. The highest BCUT2D eigenvalue weighted by molar-refractivity contribution is 7.89. The van der Waals surface area contributed by atoms with Crippen molar-refractivity contribution < 1.29 is 8.42 Å². The van der Waals surface area contributed by atoms with Gasteiger partial charge in [-0.25, -0.2) is 13.4 Å². The fourth-order valence-electron chi connectivity index (χ4n) is 3.30. The van der Waals surface area contributed by atoms with Gasteiger partial charge in [0.05, 0.1) is 12.2 Å². The van der Waals surface area contributed by atoms with Crippen LogP contribution in [0, 0.1) is 0 Å². The summed E-state index contributed by atoms with van der Waals surface area (Å²) in [5.74, 6) is 1.07. The van der Waals surface area contributed by atoms with Crippen molar-refractivity contribution in [2.24, 2.45) is 0 Å². The lowest BCUT2D eigenvalue weighted by atomic mass is 10.0. The van der Waals surface area contributed by atoms with Crippen molar-refractivity contribution in [1.82, 2.24) is 34.3 Å². The third-order valence-electron chi connectivity index (χ3n) is 4.73. The van der Waals surface area contributed by atoms with E-state index in [0.29, 0.717) is 31.2 Å². The monoisotopic (exact) mass is 387 g/mol. The maximum Gasteiger partial charge on any atom is 0.246 e. The van der Waals surface area contributed by atoms with Gasteiger partial charge in [0.25, 0.3) is 0 Å². The first-order valence-corrected chi connectivity index (χ1v) is 10.4. The van der Waals surface area contributed by atoms with Crippen molar-refractivity contribution in [3.05, 3.63) is 42.7 Å². The fraction of sp³-hybridized carbons (Fsp3) is 0.412. The molecule has 3 aromatic rings. The van der Waals surface area contributed by atoms with Crippen molar-refractivity contribution in [2.75, 3.05) is 6.54 Å². The normalized spacial score (nSPS) is 18.6. The third-order valence-corrected chi connectivity index (χ3v) is 6.59. The maximum atomic E-state index is 13.2. The number of nitrogens with zero attached hydrogens (tertiary/aromatic N) is 6. The van der Waals surface area contributed by atoms with E-state index in [2.05, 4.69) is 25.3 Å². The zero-order valence-corrected chi connectivity index (χ0v) is 15.8. The third kappa shape index (κ3) is 3.37. The molecule has 1 unspecified atom stereocenters. The topological polar surface area (TPSA) is 110 Å². The van der Waals surface area contributed by atoms with Crippen LogP contribution in [0.1, 0.15) is 38.1 Å². The summed E-state index contributed by atoms with van der Waals surface area (Å²) >= 11 is 0. The molecule has 0 spiro atoms. The van der Waals surface area contributed by atoms with Crippen molar-refractivity contribution in [3.8, 4) is 11.4 Å². The number of aromatic nitrogens is 6. The van der Waals surface area contributed by atoms with Crippen LogP contribution in [0.25, 0.3) is 11.4 Å². The van der Waals surface area contributed by atoms with Gasteiger partial charge in [-0.1, -0.05) is 6.42 Å². The molecule has 10 heteroatoms. The van der Waals surface area contributed by atoms with Gasteiger partial charge in [-0.2, -0.15) is 14.5 Å². The van der Waals surface area contributed by atoms with Gasteiger partial charge in [0, 0.05) is 37.2 Å². The van der Waals surface area contributed by atoms with E-state index in [4.69, 9.17) is 0 Å². The summed E-state index contributed by atoms with van der Waals surface area (Å²) in [6.45, 7) is 2.99. The number of hydrogen-bond acceptors (Lipinski definition) is 6. The van der Waals surface area contributed by atoms with Crippen LogP contribution < -0.4 is 0 Å². The number of nitrogens with one attached hydrogen (secondary N) is 1. The Morgan fingerprint density at radius 2 is 2.19 bits per heavy atom. The Hall–Kier alpha value is -2.59. The second kappa shape index (κ2) is 7.20. The van der Waals surface area contributed by atoms with Gasteiger partial charge < -0.3 is 0 Å². The molecule has 0 radical (unpaired) electrons. The van der Waals surface area contributed by atoms with E-state index in [0.717, 1.165) is 18.4 Å². The number of rotatable bonds is 5. The van der Waals surface area contributed by atoms with Gasteiger partial charge in [0.1, 0.15) is 10.7 Å². The summed E-state index contributed by atoms with van der Waals surface area (Å²) in [6.07, 6.45) is 8.80. The van der Waals surface area contributed by atoms with Crippen LogP contribution in [-0.2, 0) is 16.6 Å². The molecule has 0 amide bonds. The molecule has 1 aliphatic heterocycles. The van der Waals surface area contributed by atoms with Gasteiger partial charge in [-0.05, 0) is 31.9 Å². The van der Waals surface area contributed by atoms with Crippen LogP contribution in [0.2, 0.25) is 0 Å². The number of pyridine rings is 1. The predicted molar refractivity (Wildman–Crippen MR) is 98.0 cm³/mol. The van der Waals surface area contributed by atoms with Crippen LogP contribution in [0.3, 0.4) is 0 Å². The molecule has 3 aromatic heterocycles. The molecule has 0 saturated carbocycles. The standard InChI is InChI=1S/C17H21N7O2S/c1-2-23-12-14(11-19-23)27(25,26)24-9-4-3-7-15(24)17-20-16(21-22-17)13-6-5-8-18-10-13/h5-6,8,10-12,15H,2-4,7,9H2,1H3,(H,20,21,22). The highest BCUT2D eigenvalue weighted by Crippen LogP contribution is 2.34. The Labute approximate surface area is 157 Å². The summed E-state index contributed by atoms with van der Waals surface area (Å²) in [5.41, 5.74) is 0.787. The lowest BCUT2D eigenvalue weighted by Crippen LogP contribution is -2.38. The Kier molecular flexibility index (Phi) is 4.75. The van der Waals surface area contributed by atoms with Crippen molar-refractivity contribution in [3.63, 3.8) is 0 Å². The van der Waals surface area contributed by atoms with E-state index in [-0.39, 0.29) is 10.9 Å². The maximum absolute atomic E-state index is 13.2. The summed E-state index contributed by atoms with van der Waals surface area (Å²) in [7, 11) is -3.65. The van der Waals surface area contributed by atoms with E-state index in [9.17, 15) is 8.42 Å². The average Bonchev–Trinajstić information content (AvgIpc) is 3.39. The van der Waals surface area contributed by atoms with Crippen molar-refractivity contribution in [2.45, 2.75) is 43.7 Å². The molecule has 1 fully saturated rings. The molecule has 4 heterocycles. The van der Waals surface area contributed by atoms with Crippen LogP contribution in [0.4, 0.5) is 0 Å². The van der Waals surface area contributed by atoms with Gasteiger partial charge in [-0.3, -0.25) is 14.8 Å². The number of piperidine rings is 1. The highest BCUT2D eigenvalue weighted by atomic mass is 32.2. The first kappa shape index (κ1) is 17.8. The van der Waals surface area contributed by atoms with E-state index in [1.54, 1.807) is 23.3 Å². The fourth-order valence-corrected chi connectivity index (χ4v) is 4.92. The minimum Gasteiger partial charge on any atom is -0.272 e. The quantitative estimate of drug-likeness (QED) is 0.717. The number of hydrogen-bond donors (Lipinski definition) is 1. The zero-order chi connectivity index (χ0) is 18.9. The Morgan fingerprint density at radius 1 is 1.30 bits per heavy atom. The van der Waals surface area contributed by atoms with Gasteiger partial charge in [-0.15, -0.1) is 0 Å². The van der Waals surface area contributed by atoms with E-state index >= 15 is 0 Å². The largest absolute Gasteiger partial charge is 0.272 e. The molecular formula is C17H21N7O2S. The molecule has 4 rings (SSSR count). The summed E-state index contributed by atoms with van der Waals surface area (Å²) in [6, 6.07) is 3.31. The molecule has 1 saturated heterocycles. The number of H-pyrrole nitrogens is 1. The Bertz CT molecular complexity index is 1010. The molecule has 1 atom stereocenters. The predicted octanol–water partition coefficient (Wildman–Crippen LogP) is 2.00. The van der Waals surface area contributed by atoms with Crippen LogP contribution in [0.5, 0.6) is 0 Å². The first-order valence-electron chi connectivity index (χ1n) is 8.96. The van der Waals surface area contributed by atoms with Crippen molar-refractivity contribution in [1.29, 1.82) is 0 Å². The van der Waals surface area contributed by atoms with Gasteiger partial charge in [0.15, 0.2) is 5.82 Å². The number of sulfonamides is 1. The second-order valence-corrected chi connectivity index (χ2v) is 8.34. The summed E-state index contributed by atoms with van der Waals surface area (Å²) < 4.78 is 29.5. The van der Waals surface area contributed by atoms with E-state index in [1.165, 1.54) is 10.5 Å². The summed E-state index contributed by atoms with van der Waals surface area (Å²) in [5, 5.41) is 11.3. The SMILES string of the molecule is CCn1cc(S(=O)(=O)N2CCCCC2c2nc(-c3cccnc3)n[nH]2)cn1. The molecule has 1 N–H and O–H groups in total. The molecule has 142 valence electrons. The average molecular weight is 387 g/mol. The summed E-state index contributed by atoms with van der Waals surface area (Å²) in [4.78, 5) is 8.84. The number of aryl methyl sites for hydroxylation is 1. The van der Waals surface area contributed by atoms with E-state index < -0.39 is 10.0 Å². The van der Waals surface area contributed by atoms with Crippen LogP contribution in [0.15, 0.2) is 41.8 Å². The molecule has 1 aliphatic rings. The molecule has 0 aliphatic carbocycles. The molecule has 27 heavy (non-hydrogen) atoms. The molecular weight excluding hydrogens is 366 g/mol. The van der Waals surface area contributed by atoms with E-state index in [1.807, 2.05) is 19.1 Å². The number of aromatic amines is 1. The minimum absolute atomic E-state index is 0.211. The second-order valence-electron chi connectivity index (χ2n) is 6.45. The zero-order valence-electron chi connectivity index (χ0n) is 15.0. The lowest BCUT2D eigenvalue weighted by molar-refractivity contribution is 0.247. The van der Waals surface area contributed by atoms with Crippen LogP contribution in [-0.4, -0.2) is 49.2 Å². The Morgan fingerprint density at radius 3 is 2.93 bits per heavy atom. The lowest BCUT2D eigenvalue weighted by Gasteiger charge is -2.32. The first-order chi connectivity index (χ1) is 13.1. The van der Waals surface area contributed by atoms with Gasteiger partial charge in [0.2, 0.25) is 10.0 Å². The Balaban J connectivity index is 1.66. The minimum atomic E-state index is -3.65. The van der Waals surface area contributed by atoms with Crippen molar-refractivity contribution >= 4 is 10.0 Å². The molecule has 0 aromatic carbocycles.